The van der Waals surface area contributed by atoms with Crippen LogP contribution in [-0.4, -0.2) is 35.4 Å². The zero-order valence-corrected chi connectivity index (χ0v) is 17.2. The van der Waals surface area contributed by atoms with Crippen LogP contribution in [0.5, 0.6) is 5.75 Å². The minimum atomic E-state index is -1.55. The van der Waals surface area contributed by atoms with Crippen molar-refractivity contribution in [2.45, 2.75) is 18.6 Å². The standard InChI is InChI=1S/C24H24N4O3/c1-28(18-4-2-3-16(11-18)13-25)19-5-6-20-17(8-10-31-23(20)12-19)14-27-22-15-26-9-7-21(22)24(29)30/h2-7,9,11-12,15,17,24,27,29-30H,8,10,14H2,1H3/t17-/m0/s1. The van der Waals surface area contributed by atoms with E-state index in [0.717, 1.165) is 29.1 Å². The van der Waals surface area contributed by atoms with Gasteiger partial charge in [0.15, 0.2) is 6.29 Å². The van der Waals surface area contributed by atoms with E-state index in [9.17, 15) is 10.2 Å². The van der Waals surface area contributed by atoms with E-state index in [-0.39, 0.29) is 5.92 Å². The zero-order chi connectivity index (χ0) is 21.8. The number of aliphatic hydroxyl groups excluding tert-OH is 1. The average molecular weight is 416 g/mol. The molecule has 0 saturated carbocycles. The fourth-order valence-electron chi connectivity index (χ4n) is 3.82. The lowest BCUT2D eigenvalue weighted by Gasteiger charge is -2.29. The first-order valence-electron chi connectivity index (χ1n) is 10.1. The summed E-state index contributed by atoms with van der Waals surface area (Å²) in [5.41, 5.74) is 4.64. The van der Waals surface area contributed by atoms with Crippen molar-refractivity contribution in [1.29, 1.82) is 5.26 Å². The lowest BCUT2D eigenvalue weighted by Crippen LogP contribution is -2.22. The third-order valence-corrected chi connectivity index (χ3v) is 5.58. The van der Waals surface area contributed by atoms with Gasteiger partial charge >= 0.3 is 0 Å². The Hall–Kier alpha value is -3.60. The van der Waals surface area contributed by atoms with E-state index >= 15 is 0 Å². The number of hydrogen-bond acceptors (Lipinski definition) is 7. The van der Waals surface area contributed by atoms with Crippen LogP contribution in [0.25, 0.3) is 0 Å². The molecule has 7 heteroatoms. The van der Waals surface area contributed by atoms with E-state index in [2.05, 4.69) is 22.4 Å². The van der Waals surface area contributed by atoms with Crippen molar-refractivity contribution in [3.05, 3.63) is 77.6 Å². The van der Waals surface area contributed by atoms with Crippen molar-refractivity contribution >= 4 is 17.1 Å². The van der Waals surface area contributed by atoms with Gasteiger partial charge in [0.2, 0.25) is 0 Å². The van der Waals surface area contributed by atoms with Crippen LogP contribution in [0.15, 0.2) is 60.9 Å². The fourth-order valence-corrected chi connectivity index (χ4v) is 3.82. The minimum absolute atomic E-state index is 0.217. The maximum absolute atomic E-state index is 9.55. The first-order valence-corrected chi connectivity index (χ1v) is 10.1. The van der Waals surface area contributed by atoms with E-state index in [4.69, 9.17) is 10.00 Å². The molecule has 0 radical (unpaired) electrons. The van der Waals surface area contributed by atoms with E-state index in [1.807, 2.05) is 42.3 Å². The lowest BCUT2D eigenvalue weighted by molar-refractivity contribution is -0.0419. The first-order chi connectivity index (χ1) is 15.1. The molecule has 0 amide bonds. The molecule has 31 heavy (non-hydrogen) atoms. The van der Waals surface area contributed by atoms with Crippen molar-refractivity contribution < 1.29 is 14.9 Å². The van der Waals surface area contributed by atoms with Crippen molar-refractivity contribution in [1.82, 2.24) is 4.98 Å². The summed E-state index contributed by atoms with van der Waals surface area (Å²) in [5.74, 6) is 1.06. The van der Waals surface area contributed by atoms with Crippen LogP contribution in [0.1, 0.15) is 35.3 Å². The molecule has 158 valence electrons. The number of aromatic nitrogens is 1. The maximum atomic E-state index is 9.55. The highest BCUT2D eigenvalue weighted by molar-refractivity contribution is 5.66. The summed E-state index contributed by atoms with van der Waals surface area (Å²) in [4.78, 5) is 6.10. The van der Waals surface area contributed by atoms with Crippen LogP contribution in [0.4, 0.5) is 17.1 Å². The SMILES string of the molecule is CN(c1cccc(C#N)c1)c1ccc2c(c1)OCC[C@H]2CNc1cnccc1C(O)O. The quantitative estimate of drug-likeness (QED) is 0.527. The molecule has 0 aliphatic carbocycles. The number of nitrogens with zero attached hydrogens (tertiary/aromatic N) is 3. The van der Waals surface area contributed by atoms with Gasteiger partial charge in [-0.15, -0.1) is 0 Å². The first kappa shape index (κ1) is 20.7. The van der Waals surface area contributed by atoms with Gasteiger partial charge in [0.25, 0.3) is 0 Å². The summed E-state index contributed by atoms with van der Waals surface area (Å²) in [6.45, 7) is 1.24. The molecule has 1 aliphatic rings. The Bertz CT molecular complexity index is 1110. The molecule has 3 N–H and O–H groups in total. The molecule has 1 aliphatic heterocycles. The highest BCUT2D eigenvalue weighted by atomic mass is 16.5. The van der Waals surface area contributed by atoms with Gasteiger partial charge in [-0.2, -0.15) is 5.26 Å². The Morgan fingerprint density at radius 2 is 2.06 bits per heavy atom. The molecule has 0 spiro atoms. The predicted octanol–water partition coefficient (Wildman–Crippen LogP) is 3.68. The number of aliphatic hydroxyl groups is 2. The molecular weight excluding hydrogens is 392 g/mol. The zero-order valence-electron chi connectivity index (χ0n) is 17.2. The van der Waals surface area contributed by atoms with Crippen molar-refractivity contribution in [3.63, 3.8) is 0 Å². The van der Waals surface area contributed by atoms with Gasteiger partial charge in [-0.1, -0.05) is 12.1 Å². The van der Waals surface area contributed by atoms with Crippen molar-refractivity contribution in [3.8, 4) is 11.8 Å². The fraction of sp³-hybridized carbons (Fsp3) is 0.250. The van der Waals surface area contributed by atoms with Crippen LogP contribution in [0.3, 0.4) is 0 Å². The molecule has 3 aromatic rings. The number of hydrogen-bond donors (Lipinski definition) is 3. The van der Waals surface area contributed by atoms with E-state index in [1.165, 1.54) is 6.20 Å². The number of benzene rings is 2. The van der Waals surface area contributed by atoms with Gasteiger partial charge in [-0.25, -0.2) is 0 Å². The topological polar surface area (TPSA) is 102 Å². The van der Waals surface area contributed by atoms with E-state index in [1.54, 1.807) is 18.3 Å². The molecule has 0 fully saturated rings. The predicted molar refractivity (Wildman–Crippen MR) is 118 cm³/mol. The Labute approximate surface area is 181 Å². The lowest BCUT2D eigenvalue weighted by atomic mass is 9.92. The maximum Gasteiger partial charge on any atom is 0.180 e. The largest absolute Gasteiger partial charge is 0.493 e. The Morgan fingerprint density at radius 1 is 1.23 bits per heavy atom. The molecule has 0 unspecified atom stereocenters. The molecule has 0 bridgehead atoms. The monoisotopic (exact) mass is 416 g/mol. The normalized spacial score (nSPS) is 15.0. The number of anilines is 3. The summed E-state index contributed by atoms with van der Waals surface area (Å²) in [6.07, 6.45) is 2.44. The average Bonchev–Trinajstić information content (AvgIpc) is 2.82. The Kier molecular flexibility index (Phi) is 6.03. The highest BCUT2D eigenvalue weighted by Gasteiger charge is 2.23. The molecule has 1 aromatic heterocycles. The summed E-state index contributed by atoms with van der Waals surface area (Å²) >= 11 is 0. The van der Waals surface area contributed by atoms with Gasteiger partial charge < -0.3 is 25.2 Å². The minimum Gasteiger partial charge on any atom is -0.493 e. The van der Waals surface area contributed by atoms with Crippen LogP contribution in [0.2, 0.25) is 0 Å². The van der Waals surface area contributed by atoms with Crippen LogP contribution in [0, 0.1) is 11.3 Å². The summed E-state index contributed by atoms with van der Waals surface area (Å²) < 4.78 is 5.94. The van der Waals surface area contributed by atoms with Crippen LogP contribution >= 0.6 is 0 Å². The van der Waals surface area contributed by atoms with Gasteiger partial charge in [0.1, 0.15) is 5.75 Å². The van der Waals surface area contributed by atoms with E-state index < -0.39 is 6.29 Å². The van der Waals surface area contributed by atoms with Gasteiger partial charge in [-0.3, -0.25) is 4.98 Å². The van der Waals surface area contributed by atoms with E-state index in [0.29, 0.717) is 30.0 Å². The molecular formula is C24H24N4O3. The third-order valence-electron chi connectivity index (χ3n) is 5.58. The molecule has 1 atom stereocenters. The van der Waals surface area contributed by atoms with Gasteiger partial charge in [0, 0.05) is 48.7 Å². The Balaban J connectivity index is 1.53. The molecule has 7 nitrogen and oxygen atoms in total. The second-order valence-corrected chi connectivity index (χ2v) is 7.49. The summed E-state index contributed by atoms with van der Waals surface area (Å²) in [7, 11) is 1.96. The molecule has 4 rings (SSSR count). The third kappa shape index (κ3) is 4.45. The van der Waals surface area contributed by atoms with Gasteiger partial charge in [-0.05, 0) is 42.3 Å². The smallest absolute Gasteiger partial charge is 0.180 e. The van der Waals surface area contributed by atoms with Gasteiger partial charge in [0.05, 0.1) is 30.1 Å². The Morgan fingerprint density at radius 3 is 2.87 bits per heavy atom. The van der Waals surface area contributed by atoms with Crippen LogP contribution in [-0.2, 0) is 0 Å². The number of fused-ring (bicyclic) bond motifs is 1. The molecule has 2 aromatic carbocycles. The molecule has 0 saturated heterocycles. The summed E-state index contributed by atoms with van der Waals surface area (Å²) in [6, 6.07) is 17.4. The highest BCUT2D eigenvalue weighted by Crippen LogP contribution is 2.38. The number of nitrogens with one attached hydrogen (secondary N) is 1. The summed E-state index contributed by atoms with van der Waals surface area (Å²) in [5, 5.41) is 31.6. The van der Waals surface area contributed by atoms with Crippen molar-refractivity contribution in [2.24, 2.45) is 0 Å². The number of ether oxygens (including phenoxy) is 1. The van der Waals surface area contributed by atoms with Crippen molar-refractivity contribution in [2.75, 3.05) is 30.4 Å². The number of pyridine rings is 1. The number of rotatable bonds is 6. The molecule has 2 heterocycles. The van der Waals surface area contributed by atoms with Crippen LogP contribution < -0.4 is 15.0 Å². The second-order valence-electron chi connectivity index (χ2n) is 7.49. The number of nitriles is 1. The second kappa shape index (κ2) is 9.04.